The Hall–Kier alpha value is -3.16. The van der Waals surface area contributed by atoms with E-state index in [0.29, 0.717) is 24.9 Å². The van der Waals surface area contributed by atoms with E-state index in [1.165, 1.54) is 33.8 Å². The number of aromatic nitrogens is 2. The van der Waals surface area contributed by atoms with Gasteiger partial charge in [-0.3, -0.25) is 19.1 Å². The molecule has 2 rings (SSSR count). The average Bonchev–Trinajstić information content (AvgIpc) is 2.68. The van der Waals surface area contributed by atoms with E-state index in [2.05, 4.69) is 4.98 Å². The zero-order chi connectivity index (χ0) is 22.3. The molecule has 1 heterocycles. The lowest BCUT2D eigenvalue weighted by Gasteiger charge is -2.24. The summed E-state index contributed by atoms with van der Waals surface area (Å²) < 4.78 is 14.7. The number of carbonyl (C=O) groups is 1. The minimum atomic E-state index is -0.707. The van der Waals surface area contributed by atoms with E-state index < -0.39 is 23.0 Å². The Morgan fingerprint density at radius 3 is 2.70 bits per heavy atom. The molecular formula is C22H29FN4O3. The van der Waals surface area contributed by atoms with Crippen molar-refractivity contribution < 1.29 is 9.18 Å². The standard InChI is InChI=1S/C22H29FN4O3/c1-4-5-12-27-20(24)19(21(29)25-22(27)30)26(13-11-15(2)3)18(28)10-9-16-7-6-8-17(23)14-16/h6-10,14-15H,4-5,11-13,24H2,1-3H3,(H,25,29,30)/b10-9+. The molecule has 3 N–H and O–H groups in total. The third kappa shape index (κ3) is 5.92. The topological polar surface area (TPSA) is 101 Å². The second-order valence-electron chi connectivity index (χ2n) is 7.56. The molecule has 0 fully saturated rings. The highest BCUT2D eigenvalue weighted by molar-refractivity contribution is 6.05. The Bertz CT molecular complexity index is 1020. The quantitative estimate of drug-likeness (QED) is 0.613. The SMILES string of the molecule is CCCCn1c(N)c(N(CCC(C)C)C(=O)/C=C/c2cccc(F)c2)c(=O)[nH]c1=O. The van der Waals surface area contributed by atoms with E-state index >= 15 is 0 Å². The molecule has 0 unspecified atom stereocenters. The van der Waals surface area contributed by atoms with Crippen LogP contribution in [0.3, 0.4) is 0 Å². The molecule has 0 radical (unpaired) electrons. The molecule has 0 aliphatic rings. The number of H-pyrrole nitrogens is 1. The molecule has 0 bridgehead atoms. The van der Waals surface area contributed by atoms with Crippen molar-refractivity contribution in [3.8, 4) is 0 Å². The number of anilines is 2. The molecule has 7 nitrogen and oxygen atoms in total. The van der Waals surface area contributed by atoms with Gasteiger partial charge in [0.2, 0.25) is 0 Å². The number of benzene rings is 1. The predicted molar refractivity (Wildman–Crippen MR) is 118 cm³/mol. The van der Waals surface area contributed by atoms with Crippen molar-refractivity contribution in [1.82, 2.24) is 9.55 Å². The van der Waals surface area contributed by atoms with Crippen molar-refractivity contribution in [3.63, 3.8) is 0 Å². The third-order valence-electron chi connectivity index (χ3n) is 4.68. The molecule has 0 atom stereocenters. The highest BCUT2D eigenvalue weighted by Gasteiger charge is 2.23. The Labute approximate surface area is 175 Å². The largest absolute Gasteiger partial charge is 0.383 e. The van der Waals surface area contributed by atoms with Crippen molar-refractivity contribution in [1.29, 1.82) is 0 Å². The predicted octanol–water partition coefficient (Wildman–Crippen LogP) is 3.15. The van der Waals surface area contributed by atoms with Gasteiger partial charge in [-0.05, 0) is 42.5 Å². The van der Waals surface area contributed by atoms with Crippen LogP contribution < -0.4 is 21.9 Å². The summed E-state index contributed by atoms with van der Waals surface area (Å²) in [5, 5.41) is 0. The van der Waals surface area contributed by atoms with Gasteiger partial charge in [0.05, 0.1) is 0 Å². The van der Waals surface area contributed by atoms with Gasteiger partial charge in [0.15, 0.2) is 5.69 Å². The lowest BCUT2D eigenvalue weighted by atomic mass is 10.1. The van der Waals surface area contributed by atoms with Crippen LogP contribution in [0.1, 0.15) is 45.6 Å². The summed E-state index contributed by atoms with van der Waals surface area (Å²) in [4.78, 5) is 41.3. The molecule has 0 saturated carbocycles. The first-order valence-corrected chi connectivity index (χ1v) is 10.1. The molecule has 0 aliphatic carbocycles. The van der Waals surface area contributed by atoms with Crippen molar-refractivity contribution in [2.75, 3.05) is 17.2 Å². The van der Waals surface area contributed by atoms with Gasteiger partial charge in [0.1, 0.15) is 11.6 Å². The first-order valence-electron chi connectivity index (χ1n) is 10.1. The molecular weight excluding hydrogens is 387 g/mol. The second kappa shape index (κ2) is 10.6. The molecule has 1 aromatic carbocycles. The third-order valence-corrected chi connectivity index (χ3v) is 4.68. The monoisotopic (exact) mass is 416 g/mol. The summed E-state index contributed by atoms with van der Waals surface area (Å²) >= 11 is 0. The summed E-state index contributed by atoms with van der Waals surface area (Å²) in [6.45, 7) is 6.57. The number of nitrogen functional groups attached to an aromatic ring is 1. The number of hydrogen-bond donors (Lipinski definition) is 2. The lowest BCUT2D eigenvalue weighted by molar-refractivity contribution is -0.114. The fourth-order valence-corrected chi connectivity index (χ4v) is 2.96. The Kier molecular flexibility index (Phi) is 8.15. The highest BCUT2D eigenvalue weighted by atomic mass is 19.1. The zero-order valence-electron chi connectivity index (χ0n) is 17.7. The van der Waals surface area contributed by atoms with Crippen LogP contribution in [0.5, 0.6) is 0 Å². The normalized spacial score (nSPS) is 11.4. The summed E-state index contributed by atoms with van der Waals surface area (Å²) in [5.41, 5.74) is 5.34. The maximum absolute atomic E-state index is 13.4. The van der Waals surface area contributed by atoms with Crippen LogP contribution in [0.15, 0.2) is 39.9 Å². The maximum Gasteiger partial charge on any atom is 0.330 e. The van der Waals surface area contributed by atoms with E-state index in [0.717, 1.165) is 6.42 Å². The molecule has 0 aliphatic heterocycles. The van der Waals surface area contributed by atoms with Crippen LogP contribution in [0.4, 0.5) is 15.9 Å². The molecule has 2 aromatic rings. The van der Waals surface area contributed by atoms with Crippen molar-refractivity contribution in [2.24, 2.45) is 5.92 Å². The van der Waals surface area contributed by atoms with Crippen LogP contribution in [0.25, 0.3) is 6.08 Å². The number of halogens is 1. The number of rotatable bonds is 9. The van der Waals surface area contributed by atoms with Gasteiger partial charge in [0.25, 0.3) is 11.5 Å². The summed E-state index contributed by atoms with van der Waals surface area (Å²) in [5.74, 6) is -0.644. The molecule has 30 heavy (non-hydrogen) atoms. The fourth-order valence-electron chi connectivity index (χ4n) is 2.96. The number of carbonyl (C=O) groups excluding carboxylic acids is 1. The van der Waals surface area contributed by atoms with E-state index in [1.807, 2.05) is 20.8 Å². The molecule has 8 heteroatoms. The first kappa shape index (κ1) is 23.1. The molecule has 0 saturated heterocycles. The lowest BCUT2D eigenvalue weighted by Crippen LogP contribution is -2.41. The fraction of sp³-hybridized carbons (Fsp3) is 0.409. The van der Waals surface area contributed by atoms with Gasteiger partial charge in [-0.1, -0.05) is 39.3 Å². The van der Waals surface area contributed by atoms with Crippen LogP contribution >= 0.6 is 0 Å². The number of unbranched alkanes of at least 4 members (excludes halogenated alkanes) is 1. The van der Waals surface area contributed by atoms with E-state index in [1.54, 1.807) is 12.1 Å². The molecule has 1 aromatic heterocycles. The van der Waals surface area contributed by atoms with Gasteiger partial charge >= 0.3 is 5.69 Å². The number of nitrogens with two attached hydrogens (primary N) is 1. The van der Waals surface area contributed by atoms with Gasteiger partial charge in [-0.15, -0.1) is 0 Å². The summed E-state index contributed by atoms with van der Waals surface area (Å²) in [6.07, 6.45) is 4.93. The number of nitrogens with zero attached hydrogens (tertiary/aromatic N) is 2. The van der Waals surface area contributed by atoms with Crippen LogP contribution in [-0.2, 0) is 11.3 Å². The number of nitrogens with one attached hydrogen (secondary N) is 1. The number of hydrogen-bond acceptors (Lipinski definition) is 4. The van der Waals surface area contributed by atoms with Crippen molar-refractivity contribution in [3.05, 3.63) is 62.6 Å². The van der Waals surface area contributed by atoms with Crippen LogP contribution in [0, 0.1) is 11.7 Å². The van der Waals surface area contributed by atoms with Crippen LogP contribution in [-0.4, -0.2) is 22.0 Å². The number of aromatic amines is 1. The van der Waals surface area contributed by atoms with Gasteiger partial charge in [-0.2, -0.15) is 0 Å². The van der Waals surface area contributed by atoms with Crippen LogP contribution in [0.2, 0.25) is 0 Å². The summed E-state index contributed by atoms with van der Waals surface area (Å²) in [7, 11) is 0. The highest BCUT2D eigenvalue weighted by Crippen LogP contribution is 2.19. The van der Waals surface area contributed by atoms with Gasteiger partial charge in [-0.25, -0.2) is 9.18 Å². The van der Waals surface area contributed by atoms with Gasteiger partial charge < -0.3 is 10.6 Å². The van der Waals surface area contributed by atoms with E-state index in [-0.39, 0.29) is 24.0 Å². The average molecular weight is 416 g/mol. The van der Waals surface area contributed by atoms with E-state index in [9.17, 15) is 18.8 Å². The van der Waals surface area contributed by atoms with E-state index in [4.69, 9.17) is 5.73 Å². The second-order valence-corrected chi connectivity index (χ2v) is 7.56. The minimum absolute atomic E-state index is 0.0338. The molecule has 1 amide bonds. The Morgan fingerprint density at radius 1 is 1.33 bits per heavy atom. The smallest absolute Gasteiger partial charge is 0.330 e. The number of amides is 1. The molecule has 0 spiro atoms. The first-order chi connectivity index (χ1) is 14.2. The zero-order valence-corrected chi connectivity index (χ0v) is 17.7. The molecule has 162 valence electrons. The Balaban J connectivity index is 2.47. The van der Waals surface area contributed by atoms with Crippen molar-refractivity contribution >= 4 is 23.5 Å². The minimum Gasteiger partial charge on any atom is -0.383 e. The maximum atomic E-state index is 13.4. The van der Waals surface area contributed by atoms with Gasteiger partial charge in [0, 0.05) is 19.2 Å². The summed E-state index contributed by atoms with van der Waals surface area (Å²) in [6, 6.07) is 5.82. The Morgan fingerprint density at radius 2 is 2.07 bits per heavy atom. The van der Waals surface area contributed by atoms with Crippen molar-refractivity contribution in [2.45, 2.75) is 46.6 Å².